The van der Waals surface area contributed by atoms with Crippen molar-refractivity contribution in [2.24, 2.45) is 0 Å². The molecule has 0 amide bonds. The van der Waals surface area contributed by atoms with Gasteiger partial charge in [-0.1, -0.05) is 125 Å². The highest BCUT2D eigenvalue weighted by Crippen LogP contribution is 2.28. The van der Waals surface area contributed by atoms with Crippen molar-refractivity contribution < 1.29 is 13.2 Å². The molecule has 3 aromatic carbocycles. The highest BCUT2D eigenvalue weighted by atomic mass is 35.5. The van der Waals surface area contributed by atoms with Crippen molar-refractivity contribution >= 4 is 33.1 Å². The molecule has 0 unspecified atom stereocenters. The lowest BCUT2D eigenvalue weighted by Gasteiger charge is -2.15. The predicted octanol–water partition coefficient (Wildman–Crippen LogP) is 8.84. The maximum absolute atomic E-state index is 13.4. The number of anilines is 1. The van der Waals surface area contributed by atoms with E-state index in [2.05, 4.69) is 11.6 Å². The lowest BCUT2D eigenvalue weighted by Crippen LogP contribution is -2.17. The Labute approximate surface area is 227 Å². The second-order valence-corrected chi connectivity index (χ2v) is 11.6. The van der Waals surface area contributed by atoms with E-state index in [1.54, 1.807) is 48.5 Å². The number of ketones is 1. The van der Waals surface area contributed by atoms with Crippen molar-refractivity contribution in [1.29, 1.82) is 0 Å². The molecule has 0 aliphatic heterocycles. The van der Waals surface area contributed by atoms with Crippen LogP contribution < -0.4 is 4.72 Å². The van der Waals surface area contributed by atoms with Crippen molar-refractivity contribution in [3.63, 3.8) is 0 Å². The van der Waals surface area contributed by atoms with Crippen LogP contribution in [0, 0.1) is 0 Å². The average Bonchev–Trinajstić information content (AvgIpc) is 2.91. The zero-order valence-corrected chi connectivity index (χ0v) is 23.3. The summed E-state index contributed by atoms with van der Waals surface area (Å²) in [6, 6.07) is 20.5. The monoisotopic (exact) mass is 539 g/mol. The third-order valence-corrected chi connectivity index (χ3v) is 8.27. The number of carbonyl (C=O) groups excluding carboxylic acids is 1. The van der Waals surface area contributed by atoms with E-state index in [0.29, 0.717) is 17.0 Å². The molecular formula is C31H38ClNO3S. The Morgan fingerprint density at radius 3 is 2.03 bits per heavy atom. The molecule has 0 saturated heterocycles. The summed E-state index contributed by atoms with van der Waals surface area (Å²) < 4.78 is 29.5. The smallest absolute Gasteiger partial charge is 0.262 e. The lowest BCUT2D eigenvalue weighted by atomic mass is 10.0. The number of aryl methyl sites for hydroxylation is 1. The second kappa shape index (κ2) is 14.9. The molecule has 198 valence electrons. The van der Waals surface area contributed by atoms with Crippen LogP contribution in [-0.4, -0.2) is 14.2 Å². The first-order valence-corrected chi connectivity index (χ1v) is 15.3. The van der Waals surface area contributed by atoms with Crippen LogP contribution in [-0.2, 0) is 16.4 Å². The van der Waals surface area contributed by atoms with E-state index in [1.165, 1.54) is 57.4 Å². The molecule has 0 radical (unpaired) electrons. The number of rotatable bonds is 16. The molecule has 0 spiro atoms. The van der Waals surface area contributed by atoms with Gasteiger partial charge in [-0.25, -0.2) is 8.42 Å². The van der Waals surface area contributed by atoms with Crippen molar-refractivity contribution in [2.75, 3.05) is 4.72 Å². The summed E-state index contributed by atoms with van der Waals surface area (Å²) in [5.74, 6) is -0.292. The van der Waals surface area contributed by atoms with Gasteiger partial charge in [-0.3, -0.25) is 9.52 Å². The molecule has 3 aromatic rings. The number of halogens is 1. The summed E-state index contributed by atoms with van der Waals surface area (Å²) in [5.41, 5.74) is 1.69. The SMILES string of the molecule is CCCCCCCCCCCCc1ccccc1S(=O)(=O)Nc1ccc(Cl)cc1C(=O)c1ccccc1. The summed E-state index contributed by atoms with van der Waals surface area (Å²) >= 11 is 6.16. The zero-order valence-electron chi connectivity index (χ0n) is 21.7. The van der Waals surface area contributed by atoms with E-state index in [4.69, 9.17) is 11.6 Å². The molecule has 6 heteroatoms. The van der Waals surface area contributed by atoms with Gasteiger partial charge in [0.1, 0.15) is 0 Å². The van der Waals surface area contributed by atoms with Gasteiger partial charge in [0.05, 0.1) is 10.6 Å². The van der Waals surface area contributed by atoms with Crippen LogP contribution in [0.4, 0.5) is 5.69 Å². The Morgan fingerprint density at radius 2 is 1.35 bits per heavy atom. The molecule has 0 atom stereocenters. The number of hydrogen-bond acceptors (Lipinski definition) is 3. The van der Waals surface area contributed by atoms with E-state index in [9.17, 15) is 13.2 Å². The van der Waals surface area contributed by atoms with E-state index in [-0.39, 0.29) is 21.9 Å². The number of unbranched alkanes of at least 4 members (excludes halogenated alkanes) is 9. The fourth-order valence-corrected chi connectivity index (χ4v) is 6.04. The van der Waals surface area contributed by atoms with E-state index < -0.39 is 10.0 Å². The van der Waals surface area contributed by atoms with Crippen LogP contribution in [0.1, 0.15) is 92.6 Å². The van der Waals surface area contributed by atoms with Gasteiger partial charge in [-0.15, -0.1) is 0 Å². The average molecular weight is 540 g/mol. The Balaban J connectivity index is 1.64. The molecule has 4 nitrogen and oxygen atoms in total. The Hall–Kier alpha value is -2.63. The number of benzene rings is 3. The molecular weight excluding hydrogens is 502 g/mol. The maximum atomic E-state index is 13.4. The summed E-state index contributed by atoms with van der Waals surface area (Å²) in [6.07, 6.45) is 13.0. The van der Waals surface area contributed by atoms with Gasteiger partial charge < -0.3 is 0 Å². The van der Waals surface area contributed by atoms with Crippen molar-refractivity contribution in [1.82, 2.24) is 0 Å². The topological polar surface area (TPSA) is 63.2 Å². The van der Waals surface area contributed by atoms with Crippen LogP contribution in [0.3, 0.4) is 0 Å². The number of sulfonamides is 1. The first-order valence-electron chi connectivity index (χ1n) is 13.4. The zero-order chi connectivity index (χ0) is 26.5. The summed E-state index contributed by atoms with van der Waals surface area (Å²) in [5, 5.41) is 0.364. The van der Waals surface area contributed by atoms with Crippen molar-refractivity contribution in [3.8, 4) is 0 Å². The van der Waals surface area contributed by atoms with Crippen LogP contribution in [0.2, 0.25) is 5.02 Å². The first-order chi connectivity index (χ1) is 17.9. The largest absolute Gasteiger partial charge is 0.289 e. The third-order valence-electron chi connectivity index (χ3n) is 6.57. The van der Waals surface area contributed by atoms with E-state index in [0.717, 1.165) is 18.4 Å². The summed E-state index contributed by atoms with van der Waals surface area (Å²) in [7, 11) is -3.90. The van der Waals surface area contributed by atoms with Gasteiger partial charge in [0, 0.05) is 16.1 Å². The van der Waals surface area contributed by atoms with Gasteiger partial charge >= 0.3 is 0 Å². The molecule has 0 aliphatic carbocycles. The van der Waals surface area contributed by atoms with Crippen molar-refractivity contribution in [2.45, 2.75) is 82.4 Å². The first kappa shape index (κ1) is 28.9. The second-order valence-electron chi connectivity index (χ2n) is 9.53. The fourth-order valence-electron chi connectivity index (χ4n) is 4.51. The minimum Gasteiger partial charge on any atom is -0.289 e. The quantitative estimate of drug-likeness (QED) is 0.146. The highest BCUT2D eigenvalue weighted by molar-refractivity contribution is 7.92. The van der Waals surface area contributed by atoms with Gasteiger partial charge in [0.2, 0.25) is 0 Å². The summed E-state index contributed by atoms with van der Waals surface area (Å²) in [6.45, 7) is 2.24. The van der Waals surface area contributed by atoms with Crippen LogP contribution in [0.25, 0.3) is 0 Å². The predicted molar refractivity (Wildman–Crippen MR) is 154 cm³/mol. The standard InChI is InChI=1S/C31H38ClNO3S/c1-2-3-4-5-6-7-8-9-10-12-17-25-18-15-16-21-30(25)37(35,36)33-29-23-22-27(32)24-28(29)31(34)26-19-13-11-14-20-26/h11,13-16,18-24,33H,2-10,12,17H2,1H3. The Kier molecular flexibility index (Phi) is 11.7. The minimum absolute atomic E-state index is 0.215. The van der Waals surface area contributed by atoms with E-state index in [1.807, 2.05) is 18.2 Å². The van der Waals surface area contributed by atoms with Gasteiger partial charge in [0.25, 0.3) is 10.0 Å². The van der Waals surface area contributed by atoms with Crippen LogP contribution in [0.15, 0.2) is 77.7 Å². The van der Waals surface area contributed by atoms with Gasteiger partial charge in [0.15, 0.2) is 5.78 Å². The number of carbonyl (C=O) groups is 1. The number of nitrogens with one attached hydrogen (secondary N) is 1. The molecule has 0 heterocycles. The van der Waals surface area contributed by atoms with E-state index >= 15 is 0 Å². The van der Waals surface area contributed by atoms with Crippen LogP contribution in [0.5, 0.6) is 0 Å². The maximum Gasteiger partial charge on any atom is 0.262 e. The normalized spacial score (nSPS) is 11.4. The number of hydrogen-bond donors (Lipinski definition) is 1. The third kappa shape index (κ3) is 9.01. The molecule has 1 N–H and O–H groups in total. The van der Waals surface area contributed by atoms with Crippen LogP contribution >= 0.6 is 11.6 Å². The van der Waals surface area contributed by atoms with Gasteiger partial charge in [-0.2, -0.15) is 0 Å². The van der Waals surface area contributed by atoms with Crippen molar-refractivity contribution in [3.05, 3.63) is 94.5 Å². The summed E-state index contributed by atoms with van der Waals surface area (Å²) in [4.78, 5) is 13.4. The molecule has 0 aliphatic rings. The highest BCUT2D eigenvalue weighted by Gasteiger charge is 2.22. The Morgan fingerprint density at radius 1 is 0.757 bits per heavy atom. The van der Waals surface area contributed by atoms with Gasteiger partial charge in [-0.05, 0) is 42.7 Å². The molecule has 0 saturated carbocycles. The molecule has 0 aromatic heterocycles. The lowest BCUT2D eigenvalue weighted by molar-refractivity contribution is 0.103. The molecule has 3 rings (SSSR count). The molecule has 0 fully saturated rings. The fraction of sp³-hybridized carbons (Fsp3) is 0.387. The Bertz CT molecular complexity index is 1240. The minimum atomic E-state index is -3.90. The molecule has 0 bridgehead atoms. The molecule has 37 heavy (non-hydrogen) atoms.